The van der Waals surface area contributed by atoms with Crippen molar-refractivity contribution in [1.29, 1.82) is 0 Å². The second-order valence-corrected chi connectivity index (χ2v) is 6.18. The first kappa shape index (κ1) is 20.5. The minimum atomic E-state index is 0. The molecule has 0 saturated carbocycles. The highest BCUT2D eigenvalue weighted by Gasteiger charge is 2.20. The van der Waals surface area contributed by atoms with Gasteiger partial charge in [0.25, 0.3) is 0 Å². The summed E-state index contributed by atoms with van der Waals surface area (Å²) in [6, 6.07) is 6.06. The molecule has 2 aromatic heterocycles. The predicted octanol–water partition coefficient (Wildman–Crippen LogP) is 1.99. The molecule has 2 aromatic rings. The second kappa shape index (κ2) is 10.3. The summed E-state index contributed by atoms with van der Waals surface area (Å²) in [7, 11) is 0. The zero-order chi connectivity index (χ0) is 17.5. The van der Waals surface area contributed by atoms with Gasteiger partial charge in [0.05, 0.1) is 19.3 Å². The molecule has 7 nitrogen and oxygen atoms in total. The number of aliphatic imine (C=N–C) groups is 1. The maximum atomic E-state index is 4.78. The molecule has 3 rings (SSSR count). The Bertz CT molecular complexity index is 678. The average molecular weight is 469 g/mol. The summed E-state index contributed by atoms with van der Waals surface area (Å²) in [5.74, 6) is 2.05. The van der Waals surface area contributed by atoms with E-state index >= 15 is 0 Å². The molecular weight excluding hydrogens is 441 g/mol. The van der Waals surface area contributed by atoms with Crippen molar-refractivity contribution < 1.29 is 0 Å². The van der Waals surface area contributed by atoms with Gasteiger partial charge in [0.2, 0.25) is 0 Å². The molecule has 0 aromatic carbocycles. The van der Waals surface area contributed by atoms with Crippen LogP contribution in [0.4, 0.5) is 5.82 Å². The summed E-state index contributed by atoms with van der Waals surface area (Å²) in [5, 5.41) is 7.72. The van der Waals surface area contributed by atoms with E-state index in [0.29, 0.717) is 0 Å². The number of hydrogen-bond acceptors (Lipinski definition) is 4. The van der Waals surface area contributed by atoms with E-state index in [1.54, 1.807) is 0 Å². The molecule has 1 aliphatic rings. The molecule has 26 heavy (non-hydrogen) atoms. The SMILES string of the molecule is CCNC(=NCCn1cc(C)cn1)N1CCN(c2ccccn2)CC1.I. The Labute approximate surface area is 172 Å². The first-order valence-electron chi connectivity index (χ1n) is 8.94. The van der Waals surface area contributed by atoms with Gasteiger partial charge in [-0.15, -0.1) is 24.0 Å². The lowest BCUT2D eigenvalue weighted by Gasteiger charge is -2.37. The van der Waals surface area contributed by atoms with E-state index < -0.39 is 0 Å². The van der Waals surface area contributed by atoms with E-state index in [-0.39, 0.29) is 24.0 Å². The zero-order valence-corrected chi connectivity index (χ0v) is 17.8. The van der Waals surface area contributed by atoms with Crippen LogP contribution in [0.3, 0.4) is 0 Å². The van der Waals surface area contributed by atoms with E-state index in [1.165, 1.54) is 5.56 Å². The number of aromatic nitrogens is 3. The van der Waals surface area contributed by atoms with Crippen LogP contribution in [-0.2, 0) is 6.54 Å². The van der Waals surface area contributed by atoms with E-state index in [1.807, 2.05) is 35.4 Å². The Balaban J connectivity index is 0.00000243. The van der Waals surface area contributed by atoms with Gasteiger partial charge in [-0.3, -0.25) is 9.67 Å². The number of pyridine rings is 1. The molecule has 3 heterocycles. The summed E-state index contributed by atoms with van der Waals surface area (Å²) >= 11 is 0. The molecule has 0 aliphatic carbocycles. The number of nitrogens with zero attached hydrogens (tertiary/aromatic N) is 6. The quantitative estimate of drug-likeness (QED) is 0.413. The lowest BCUT2D eigenvalue weighted by atomic mass is 10.3. The van der Waals surface area contributed by atoms with E-state index in [9.17, 15) is 0 Å². The Kier molecular flexibility index (Phi) is 8.14. The first-order valence-corrected chi connectivity index (χ1v) is 8.94. The average Bonchev–Trinajstić information content (AvgIpc) is 3.07. The van der Waals surface area contributed by atoms with Gasteiger partial charge in [0, 0.05) is 45.1 Å². The molecule has 0 atom stereocenters. The predicted molar refractivity (Wildman–Crippen MR) is 116 cm³/mol. The molecule has 1 saturated heterocycles. The number of nitrogens with one attached hydrogen (secondary N) is 1. The number of rotatable bonds is 5. The van der Waals surface area contributed by atoms with Gasteiger partial charge in [-0.2, -0.15) is 5.10 Å². The Morgan fingerprint density at radius 3 is 2.65 bits per heavy atom. The minimum Gasteiger partial charge on any atom is -0.357 e. The smallest absolute Gasteiger partial charge is 0.194 e. The summed E-state index contributed by atoms with van der Waals surface area (Å²) < 4.78 is 1.95. The highest BCUT2D eigenvalue weighted by atomic mass is 127. The molecule has 0 radical (unpaired) electrons. The molecule has 8 heteroatoms. The van der Waals surface area contributed by atoms with Crippen LogP contribution in [0.2, 0.25) is 0 Å². The van der Waals surface area contributed by atoms with Crippen LogP contribution < -0.4 is 10.2 Å². The summed E-state index contributed by atoms with van der Waals surface area (Å²) in [4.78, 5) is 13.9. The van der Waals surface area contributed by atoms with Crippen molar-refractivity contribution >= 4 is 35.8 Å². The van der Waals surface area contributed by atoms with Crippen molar-refractivity contribution in [3.8, 4) is 0 Å². The third-order valence-corrected chi connectivity index (χ3v) is 4.24. The number of piperazine rings is 1. The number of aryl methyl sites for hydroxylation is 1. The van der Waals surface area contributed by atoms with Gasteiger partial charge in [0.1, 0.15) is 5.82 Å². The number of guanidine groups is 1. The van der Waals surface area contributed by atoms with Crippen molar-refractivity contribution in [1.82, 2.24) is 25.0 Å². The molecule has 0 bridgehead atoms. The standard InChI is InChI=1S/C18H27N7.HI/c1-3-19-18(21-8-9-25-15-16(2)14-22-25)24-12-10-23(11-13-24)17-6-4-5-7-20-17;/h4-7,14-15H,3,8-13H2,1-2H3,(H,19,21);1H. The molecule has 1 N–H and O–H groups in total. The Morgan fingerprint density at radius 1 is 1.23 bits per heavy atom. The molecule has 0 amide bonds. The van der Waals surface area contributed by atoms with Crippen LogP contribution in [-0.4, -0.2) is 64.9 Å². The van der Waals surface area contributed by atoms with Crippen molar-refractivity contribution in [2.75, 3.05) is 44.2 Å². The topological polar surface area (TPSA) is 61.6 Å². The lowest BCUT2D eigenvalue weighted by molar-refractivity contribution is 0.371. The second-order valence-electron chi connectivity index (χ2n) is 6.18. The first-order chi connectivity index (χ1) is 12.3. The maximum Gasteiger partial charge on any atom is 0.194 e. The fourth-order valence-corrected chi connectivity index (χ4v) is 2.96. The van der Waals surface area contributed by atoms with Gasteiger partial charge in [-0.1, -0.05) is 6.07 Å². The van der Waals surface area contributed by atoms with Crippen molar-refractivity contribution in [3.63, 3.8) is 0 Å². The van der Waals surface area contributed by atoms with Gasteiger partial charge < -0.3 is 15.1 Å². The maximum absolute atomic E-state index is 4.78. The number of anilines is 1. The van der Waals surface area contributed by atoms with Crippen LogP contribution in [0.15, 0.2) is 41.8 Å². The molecule has 142 valence electrons. The third-order valence-electron chi connectivity index (χ3n) is 4.24. The van der Waals surface area contributed by atoms with Gasteiger partial charge in [0.15, 0.2) is 5.96 Å². The van der Waals surface area contributed by atoms with Crippen LogP contribution in [0.1, 0.15) is 12.5 Å². The van der Waals surface area contributed by atoms with Crippen molar-refractivity contribution in [2.45, 2.75) is 20.4 Å². The van der Waals surface area contributed by atoms with Crippen LogP contribution in [0, 0.1) is 6.92 Å². The minimum absolute atomic E-state index is 0. The van der Waals surface area contributed by atoms with E-state index in [4.69, 9.17) is 4.99 Å². The van der Waals surface area contributed by atoms with E-state index in [2.05, 4.69) is 45.1 Å². The fraction of sp³-hybridized carbons (Fsp3) is 0.500. The third kappa shape index (κ3) is 5.58. The van der Waals surface area contributed by atoms with Crippen molar-refractivity contribution in [2.24, 2.45) is 4.99 Å². The van der Waals surface area contributed by atoms with Crippen molar-refractivity contribution in [3.05, 3.63) is 42.4 Å². The summed E-state index contributed by atoms with van der Waals surface area (Å²) in [6.07, 6.45) is 5.78. The molecule has 1 fully saturated rings. The van der Waals surface area contributed by atoms with Gasteiger partial charge in [-0.05, 0) is 31.5 Å². The summed E-state index contributed by atoms with van der Waals surface area (Å²) in [6.45, 7) is 10.4. The largest absolute Gasteiger partial charge is 0.357 e. The normalized spacial score (nSPS) is 14.9. The molecule has 0 spiro atoms. The molecule has 1 aliphatic heterocycles. The number of halogens is 1. The van der Waals surface area contributed by atoms with E-state index in [0.717, 1.165) is 57.6 Å². The fourth-order valence-electron chi connectivity index (χ4n) is 2.96. The van der Waals surface area contributed by atoms with Crippen LogP contribution in [0.25, 0.3) is 0 Å². The van der Waals surface area contributed by atoms with Gasteiger partial charge >= 0.3 is 0 Å². The van der Waals surface area contributed by atoms with Crippen LogP contribution in [0.5, 0.6) is 0 Å². The number of hydrogen-bond donors (Lipinski definition) is 1. The Morgan fingerprint density at radius 2 is 2.04 bits per heavy atom. The highest BCUT2D eigenvalue weighted by Crippen LogP contribution is 2.12. The monoisotopic (exact) mass is 469 g/mol. The molecule has 0 unspecified atom stereocenters. The highest BCUT2D eigenvalue weighted by molar-refractivity contribution is 14.0. The lowest BCUT2D eigenvalue weighted by Crippen LogP contribution is -2.52. The summed E-state index contributed by atoms with van der Waals surface area (Å²) in [5.41, 5.74) is 1.18. The Hall–Kier alpha value is -1.84. The molecular formula is C18H28IN7. The van der Waals surface area contributed by atoms with Crippen LogP contribution >= 0.6 is 24.0 Å². The zero-order valence-electron chi connectivity index (χ0n) is 15.5. The van der Waals surface area contributed by atoms with Gasteiger partial charge in [-0.25, -0.2) is 4.98 Å².